The van der Waals surface area contributed by atoms with Crippen molar-refractivity contribution >= 4 is 46.4 Å². The van der Waals surface area contributed by atoms with Gasteiger partial charge in [-0.2, -0.15) is 0 Å². The van der Waals surface area contributed by atoms with Gasteiger partial charge in [0.15, 0.2) is 0 Å². The molecule has 2 aromatic carbocycles. The van der Waals surface area contributed by atoms with E-state index in [1.807, 2.05) is 24.3 Å². The largest absolute Gasteiger partial charge is 0.456 e. The van der Waals surface area contributed by atoms with Crippen molar-refractivity contribution in [2.75, 3.05) is 0 Å². The molecule has 0 aliphatic rings. The second kappa shape index (κ2) is 6.03. The fourth-order valence-electron chi connectivity index (χ4n) is 1.36. The standard InChI is InChI=1S/C13H8Cl4O/c14-7-8-1-3-9(4-2-8)18-13-6-11(16)10(15)5-12(13)17/h1-6H,7H2. The van der Waals surface area contributed by atoms with E-state index in [1.165, 1.54) is 0 Å². The molecular formula is C13H8Cl4O. The van der Waals surface area contributed by atoms with E-state index in [1.54, 1.807) is 12.1 Å². The summed E-state index contributed by atoms with van der Waals surface area (Å²) in [5.41, 5.74) is 1.02. The Morgan fingerprint density at radius 2 is 1.44 bits per heavy atom. The number of halogens is 4. The van der Waals surface area contributed by atoms with Gasteiger partial charge in [0.05, 0.1) is 15.1 Å². The van der Waals surface area contributed by atoms with Crippen LogP contribution in [-0.4, -0.2) is 0 Å². The molecule has 0 aliphatic carbocycles. The van der Waals surface area contributed by atoms with Crippen molar-refractivity contribution in [1.82, 2.24) is 0 Å². The molecule has 0 atom stereocenters. The van der Waals surface area contributed by atoms with E-state index in [2.05, 4.69) is 0 Å². The SMILES string of the molecule is ClCc1ccc(Oc2cc(Cl)c(Cl)cc2Cl)cc1. The van der Waals surface area contributed by atoms with Gasteiger partial charge in [-0.1, -0.05) is 46.9 Å². The second-order valence-electron chi connectivity index (χ2n) is 3.58. The Kier molecular flexibility index (Phi) is 4.63. The van der Waals surface area contributed by atoms with Crippen molar-refractivity contribution in [1.29, 1.82) is 0 Å². The van der Waals surface area contributed by atoms with Crippen LogP contribution in [0.25, 0.3) is 0 Å². The van der Waals surface area contributed by atoms with Gasteiger partial charge in [-0.15, -0.1) is 11.6 Å². The van der Waals surface area contributed by atoms with Crippen LogP contribution in [0.3, 0.4) is 0 Å². The van der Waals surface area contributed by atoms with Gasteiger partial charge in [-0.3, -0.25) is 0 Å². The van der Waals surface area contributed by atoms with Gasteiger partial charge < -0.3 is 4.74 Å². The monoisotopic (exact) mass is 320 g/mol. The van der Waals surface area contributed by atoms with Crippen LogP contribution in [0.5, 0.6) is 11.5 Å². The lowest BCUT2D eigenvalue weighted by Crippen LogP contribution is -1.86. The molecule has 0 aliphatic heterocycles. The van der Waals surface area contributed by atoms with Crippen molar-refractivity contribution in [2.45, 2.75) is 5.88 Å². The third kappa shape index (κ3) is 3.24. The number of alkyl halides is 1. The Hall–Kier alpha value is -0.600. The Morgan fingerprint density at radius 1 is 0.833 bits per heavy atom. The van der Waals surface area contributed by atoms with Crippen molar-refractivity contribution in [3.63, 3.8) is 0 Å². The van der Waals surface area contributed by atoms with Crippen LogP contribution in [0, 0.1) is 0 Å². The minimum atomic E-state index is 0.395. The van der Waals surface area contributed by atoms with E-state index in [-0.39, 0.29) is 0 Å². The van der Waals surface area contributed by atoms with Crippen LogP contribution in [0.15, 0.2) is 36.4 Å². The zero-order chi connectivity index (χ0) is 13.1. The summed E-state index contributed by atoms with van der Waals surface area (Å²) < 4.78 is 5.63. The lowest BCUT2D eigenvalue weighted by atomic mass is 10.2. The smallest absolute Gasteiger partial charge is 0.147 e. The molecule has 2 rings (SSSR count). The maximum absolute atomic E-state index is 6.02. The molecular weight excluding hydrogens is 314 g/mol. The van der Waals surface area contributed by atoms with Crippen LogP contribution >= 0.6 is 46.4 Å². The molecule has 0 unspecified atom stereocenters. The first-order valence-electron chi connectivity index (χ1n) is 5.07. The quantitative estimate of drug-likeness (QED) is 0.484. The fraction of sp³-hybridized carbons (Fsp3) is 0.0769. The molecule has 0 spiro atoms. The van der Waals surface area contributed by atoms with Crippen LogP contribution in [-0.2, 0) is 5.88 Å². The molecule has 5 heteroatoms. The first kappa shape index (κ1) is 13.8. The molecule has 0 N–H and O–H groups in total. The highest BCUT2D eigenvalue weighted by Crippen LogP contribution is 2.36. The molecule has 0 radical (unpaired) electrons. The van der Waals surface area contributed by atoms with Crippen molar-refractivity contribution in [3.05, 3.63) is 57.0 Å². The molecule has 1 nitrogen and oxygen atoms in total. The molecule has 0 amide bonds. The summed E-state index contributed by atoms with van der Waals surface area (Å²) in [5, 5.41) is 1.20. The molecule has 0 saturated carbocycles. The third-order valence-electron chi connectivity index (χ3n) is 2.28. The van der Waals surface area contributed by atoms with Gasteiger partial charge in [0.2, 0.25) is 0 Å². The molecule has 0 fully saturated rings. The summed E-state index contributed by atoms with van der Waals surface area (Å²) in [5.74, 6) is 1.59. The first-order chi connectivity index (χ1) is 8.60. The van der Waals surface area contributed by atoms with Gasteiger partial charge in [0, 0.05) is 11.9 Å². The minimum absolute atomic E-state index is 0.395. The van der Waals surface area contributed by atoms with Gasteiger partial charge in [0.25, 0.3) is 0 Å². The topological polar surface area (TPSA) is 9.23 Å². The molecule has 2 aromatic rings. The molecule has 0 heterocycles. The van der Waals surface area contributed by atoms with Crippen LogP contribution in [0.4, 0.5) is 0 Å². The van der Waals surface area contributed by atoms with E-state index in [9.17, 15) is 0 Å². The summed E-state index contributed by atoms with van der Waals surface area (Å²) >= 11 is 23.5. The summed E-state index contributed by atoms with van der Waals surface area (Å²) in [6.07, 6.45) is 0. The zero-order valence-corrected chi connectivity index (χ0v) is 12.1. The Morgan fingerprint density at radius 3 is 2.06 bits per heavy atom. The number of ether oxygens (including phenoxy) is 1. The van der Waals surface area contributed by atoms with Gasteiger partial charge in [-0.25, -0.2) is 0 Å². The van der Waals surface area contributed by atoms with E-state index in [4.69, 9.17) is 51.1 Å². The van der Waals surface area contributed by atoms with Gasteiger partial charge >= 0.3 is 0 Å². The van der Waals surface area contributed by atoms with Crippen molar-refractivity contribution in [3.8, 4) is 11.5 Å². The molecule has 18 heavy (non-hydrogen) atoms. The molecule has 0 bridgehead atoms. The van der Waals surface area contributed by atoms with Gasteiger partial charge in [0.1, 0.15) is 11.5 Å². The first-order valence-corrected chi connectivity index (χ1v) is 6.74. The molecule has 0 saturated heterocycles. The third-order valence-corrected chi connectivity index (χ3v) is 3.61. The number of rotatable bonds is 3. The van der Waals surface area contributed by atoms with E-state index in [0.717, 1.165) is 5.56 Å². The van der Waals surface area contributed by atoms with Crippen LogP contribution in [0.2, 0.25) is 15.1 Å². The van der Waals surface area contributed by atoms with Crippen molar-refractivity contribution < 1.29 is 4.74 Å². The van der Waals surface area contributed by atoms with E-state index in [0.29, 0.717) is 32.4 Å². The maximum Gasteiger partial charge on any atom is 0.147 e. The van der Waals surface area contributed by atoms with Crippen molar-refractivity contribution in [2.24, 2.45) is 0 Å². The summed E-state index contributed by atoms with van der Waals surface area (Å²) in [6.45, 7) is 0. The highest BCUT2D eigenvalue weighted by atomic mass is 35.5. The van der Waals surface area contributed by atoms with Crippen LogP contribution in [0.1, 0.15) is 5.56 Å². The zero-order valence-electron chi connectivity index (χ0n) is 9.09. The second-order valence-corrected chi connectivity index (χ2v) is 5.07. The highest BCUT2D eigenvalue weighted by molar-refractivity contribution is 6.43. The van der Waals surface area contributed by atoms with Crippen LogP contribution < -0.4 is 4.74 Å². The highest BCUT2D eigenvalue weighted by Gasteiger charge is 2.08. The summed E-state index contributed by atoms with van der Waals surface area (Å²) in [7, 11) is 0. The normalized spacial score (nSPS) is 10.4. The number of hydrogen-bond acceptors (Lipinski definition) is 1. The summed E-state index contributed by atoms with van der Waals surface area (Å²) in [4.78, 5) is 0. The molecule has 0 aromatic heterocycles. The predicted molar refractivity (Wildman–Crippen MR) is 77.5 cm³/mol. The minimum Gasteiger partial charge on any atom is -0.456 e. The summed E-state index contributed by atoms with van der Waals surface area (Å²) in [6, 6.07) is 10.5. The Balaban J connectivity index is 2.25. The number of hydrogen-bond donors (Lipinski definition) is 0. The predicted octanol–water partition coefficient (Wildman–Crippen LogP) is 6.18. The Bertz CT molecular complexity index is 552. The lowest BCUT2D eigenvalue weighted by Gasteiger charge is -2.09. The number of benzene rings is 2. The Labute approximate surface area is 125 Å². The maximum atomic E-state index is 6.02. The van der Waals surface area contributed by atoms with E-state index < -0.39 is 0 Å². The molecule has 94 valence electrons. The van der Waals surface area contributed by atoms with Gasteiger partial charge in [-0.05, 0) is 23.8 Å². The average Bonchev–Trinajstić information content (AvgIpc) is 2.37. The fourth-order valence-corrected chi connectivity index (χ4v) is 2.11. The van der Waals surface area contributed by atoms with E-state index >= 15 is 0 Å². The lowest BCUT2D eigenvalue weighted by molar-refractivity contribution is 0.483. The average molecular weight is 322 g/mol.